The van der Waals surface area contributed by atoms with Crippen LogP contribution in [0.25, 0.3) is 0 Å². The normalized spacial score (nSPS) is 26.9. The molecule has 1 fully saturated rings. The van der Waals surface area contributed by atoms with E-state index in [0.717, 1.165) is 0 Å². The van der Waals surface area contributed by atoms with Crippen LogP contribution >= 0.6 is 8.17 Å². The Kier molecular flexibility index (Phi) is 4.43. The molecule has 0 aromatic carbocycles. The van der Waals surface area contributed by atoms with Crippen molar-refractivity contribution < 1.29 is 27.9 Å². The van der Waals surface area contributed by atoms with Crippen LogP contribution in [0.3, 0.4) is 0 Å². The summed E-state index contributed by atoms with van der Waals surface area (Å²) in [5, 5.41) is 0. The molecule has 0 aromatic heterocycles. The summed E-state index contributed by atoms with van der Waals surface area (Å²) < 4.78 is 25.5. The molecule has 1 aliphatic heterocycles. The third-order valence-corrected chi connectivity index (χ3v) is 3.60. The van der Waals surface area contributed by atoms with Crippen molar-refractivity contribution in [1.82, 2.24) is 0 Å². The van der Waals surface area contributed by atoms with Crippen LogP contribution in [0.1, 0.15) is 13.8 Å². The van der Waals surface area contributed by atoms with Crippen molar-refractivity contribution in [1.29, 1.82) is 0 Å². The molecule has 1 saturated heterocycles. The summed E-state index contributed by atoms with van der Waals surface area (Å²) in [6.07, 6.45) is -0.204. The van der Waals surface area contributed by atoms with Crippen molar-refractivity contribution in [2.75, 3.05) is 27.4 Å². The van der Waals surface area contributed by atoms with Gasteiger partial charge in [0.1, 0.15) is 0 Å². The van der Waals surface area contributed by atoms with Crippen molar-refractivity contribution in [3.8, 4) is 0 Å². The molecule has 15 heavy (non-hydrogen) atoms. The summed E-state index contributed by atoms with van der Waals surface area (Å²) in [6.45, 7) is 4.27. The molecule has 1 rings (SSSR count). The van der Waals surface area contributed by atoms with Crippen LogP contribution in [0, 0.1) is 0 Å². The van der Waals surface area contributed by atoms with E-state index in [4.69, 9.17) is 23.0 Å². The second-order valence-electron chi connectivity index (χ2n) is 3.69. The van der Waals surface area contributed by atoms with Gasteiger partial charge in [-0.05, 0) is 0 Å². The zero-order valence-corrected chi connectivity index (χ0v) is 10.5. The monoisotopic (exact) mass is 242 g/mol. The average molecular weight is 242 g/mol. The molecule has 0 unspecified atom stereocenters. The molecule has 1 heterocycles. The summed E-state index contributed by atoms with van der Waals surface area (Å²) in [5.74, 6) is -0.589. The second-order valence-corrected chi connectivity index (χ2v) is 5.85. The topological polar surface area (TPSA) is 66.4 Å². The first-order chi connectivity index (χ1) is 6.91. The molecule has 92 valence electrons. The van der Waals surface area contributed by atoms with Gasteiger partial charge in [-0.1, -0.05) is 0 Å². The van der Waals surface area contributed by atoms with E-state index in [1.165, 1.54) is 14.2 Å². The fraction of sp³-hybridized carbons (Fsp3) is 1.00. The number of hydrogen-bond acceptors (Lipinski definition) is 6. The Labute approximate surface area is 90.1 Å². The molecular formula is C8H19O6P. The van der Waals surface area contributed by atoms with Crippen LogP contribution in [0.15, 0.2) is 0 Å². The Morgan fingerprint density at radius 3 is 2.40 bits per heavy atom. The molecule has 0 spiro atoms. The standard InChI is InChI=1S/C8H19O6P/c1-8(2)12-5-7(14-8)6-13-15(9,10-3)11-4/h7,9,15H,5-6H2,1-4H3/t7-/m0/s1. The van der Waals surface area contributed by atoms with E-state index in [2.05, 4.69) is 0 Å². The van der Waals surface area contributed by atoms with E-state index in [0.29, 0.717) is 6.61 Å². The SMILES string of the molecule is CO[PH](O)(OC)OC[C@@H]1COC(C)(C)O1. The molecule has 0 radical (unpaired) electrons. The molecule has 0 aromatic rings. The molecule has 6 nitrogen and oxygen atoms in total. The summed E-state index contributed by atoms with van der Waals surface area (Å²) >= 11 is 0. The van der Waals surface area contributed by atoms with E-state index in [1.54, 1.807) is 0 Å². The zero-order chi connectivity index (χ0) is 11.5. The van der Waals surface area contributed by atoms with E-state index in [1.807, 2.05) is 13.8 Å². The van der Waals surface area contributed by atoms with Gasteiger partial charge in [-0.15, -0.1) is 0 Å². The number of hydrogen-bond donors (Lipinski definition) is 1. The first-order valence-electron chi connectivity index (χ1n) is 4.69. The van der Waals surface area contributed by atoms with Crippen LogP contribution in [-0.4, -0.2) is 44.2 Å². The summed E-state index contributed by atoms with van der Waals surface area (Å²) in [7, 11) is -0.769. The van der Waals surface area contributed by atoms with Crippen LogP contribution in [-0.2, 0) is 23.0 Å². The molecular weight excluding hydrogens is 223 g/mol. The van der Waals surface area contributed by atoms with Crippen LogP contribution in [0.5, 0.6) is 0 Å². The minimum absolute atomic E-state index is 0.188. The quantitative estimate of drug-likeness (QED) is 0.721. The van der Waals surface area contributed by atoms with Gasteiger partial charge in [-0.3, -0.25) is 0 Å². The fourth-order valence-electron chi connectivity index (χ4n) is 1.24. The van der Waals surface area contributed by atoms with E-state index >= 15 is 0 Å². The first-order valence-corrected chi connectivity index (χ1v) is 6.36. The Bertz CT molecular complexity index is 205. The molecule has 1 N–H and O–H groups in total. The first kappa shape index (κ1) is 13.3. The van der Waals surface area contributed by atoms with Crippen molar-refractivity contribution in [2.24, 2.45) is 0 Å². The third kappa shape index (κ3) is 3.92. The van der Waals surface area contributed by atoms with Gasteiger partial charge >= 0.3 is 89.3 Å². The maximum atomic E-state index is 9.60. The molecule has 0 amide bonds. The van der Waals surface area contributed by atoms with Gasteiger partial charge in [0.25, 0.3) is 0 Å². The summed E-state index contributed by atoms with van der Waals surface area (Å²) in [6, 6.07) is 0. The van der Waals surface area contributed by atoms with Crippen molar-refractivity contribution >= 4 is 8.17 Å². The number of ether oxygens (including phenoxy) is 2. The Morgan fingerprint density at radius 2 is 2.00 bits per heavy atom. The van der Waals surface area contributed by atoms with Gasteiger partial charge in [0.05, 0.1) is 0 Å². The van der Waals surface area contributed by atoms with Gasteiger partial charge < -0.3 is 0 Å². The fourth-order valence-corrected chi connectivity index (χ4v) is 2.04. The van der Waals surface area contributed by atoms with Crippen molar-refractivity contribution in [3.63, 3.8) is 0 Å². The predicted molar refractivity (Wildman–Crippen MR) is 55.4 cm³/mol. The van der Waals surface area contributed by atoms with E-state index in [-0.39, 0.29) is 12.7 Å². The molecule has 0 bridgehead atoms. The third-order valence-electron chi connectivity index (χ3n) is 2.03. The Balaban J connectivity index is 2.32. The van der Waals surface area contributed by atoms with Crippen LogP contribution in [0.4, 0.5) is 0 Å². The number of rotatable bonds is 5. The Hall–Kier alpha value is 0.190. The second kappa shape index (κ2) is 5.01. The van der Waals surface area contributed by atoms with Gasteiger partial charge in [-0.2, -0.15) is 0 Å². The maximum absolute atomic E-state index is 9.60. The summed E-state index contributed by atoms with van der Waals surface area (Å²) in [4.78, 5) is 9.60. The van der Waals surface area contributed by atoms with E-state index < -0.39 is 14.0 Å². The Morgan fingerprint density at radius 1 is 1.40 bits per heavy atom. The zero-order valence-electron chi connectivity index (χ0n) is 9.48. The van der Waals surface area contributed by atoms with Gasteiger partial charge in [0.2, 0.25) is 0 Å². The van der Waals surface area contributed by atoms with Gasteiger partial charge in [-0.25, -0.2) is 0 Å². The average Bonchev–Trinajstić information content (AvgIpc) is 2.55. The molecule has 0 aliphatic carbocycles. The predicted octanol–water partition coefficient (Wildman–Crippen LogP) is 0.849. The van der Waals surface area contributed by atoms with Crippen molar-refractivity contribution in [3.05, 3.63) is 0 Å². The van der Waals surface area contributed by atoms with E-state index in [9.17, 15) is 4.89 Å². The van der Waals surface area contributed by atoms with Crippen molar-refractivity contribution in [2.45, 2.75) is 25.7 Å². The minimum atomic E-state index is -3.45. The van der Waals surface area contributed by atoms with Crippen LogP contribution < -0.4 is 0 Å². The van der Waals surface area contributed by atoms with Crippen LogP contribution in [0.2, 0.25) is 0 Å². The van der Waals surface area contributed by atoms with Gasteiger partial charge in [0.15, 0.2) is 0 Å². The molecule has 0 saturated carbocycles. The molecule has 7 heteroatoms. The molecule has 1 aliphatic rings. The summed E-state index contributed by atoms with van der Waals surface area (Å²) in [5.41, 5.74) is 0. The molecule has 1 atom stereocenters. The van der Waals surface area contributed by atoms with Gasteiger partial charge in [0, 0.05) is 0 Å².